The first-order valence-electron chi connectivity index (χ1n) is 8.32. The Bertz CT molecular complexity index is 1050. The van der Waals surface area contributed by atoms with E-state index in [0.717, 1.165) is 40.9 Å². The molecule has 1 aliphatic heterocycles. The minimum absolute atomic E-state index is 0.0149. The van der Waals surface area contributed by atoms with E-state index < -0.39 is 0 Å². The summed E-state index contributed by atoms with van der Waals surface area (Å²) >= 11 is 6.10. The maximum absolute atomic E-state index is 14.6. The number of nitrogens with one attached hydrogen (secondary N) is 1. The van der Waals surface area contributed by atoms with Crippen LogP contribution in [0, 0.1) is 5.82 Å². The van der Waals surface area contributed by atoms with Gasteiger partial charge in [-0.1, -0.05) is 17.7 Å². The van der Waals surface area contributed by atoms with E-state index in [-0.39, 0.29) is 11.2 Å². The van der Waals surface area contributed by atoms with E-state index in [0.29, 0.717) is 22.7 Å². The summed E-state index contributed by atoms with van der Waals surface area (Å²) < 4.78 is 20.1. The Morgan fingerprint density at radius 2 is 2.08 bits per heavy atom. The highest BCUT2D eigenvalue weighted by atomic mass is 35.5. The summed E-state index contributed by atoms with van der Waals surface area (Å²) in [7, 11) is 1.62. The topological polar surface area (TPSA) is 37.4 Å². The van der Waals surface area contributed by atoms with Crippen molar-refractivity contribution in [3.05, 3.63) is 64.1 Å². The molecular weight excluding hydrogens is 339 g/mol. The van der Waals surface area contributed by atoms with Crippen molar-refractivity contribution in [3.8, 4) is 5.75 Å². The molecule has 1 saturated carbocycles. The van der Waals surface area contributed by atoms with E-state index in [9.17, 15) is 4.39 Å². The van der Waals surface area contributed by atoms with Crippen molar-refractivity contribution < 1.29 is 9.13 Å². The number of methoxy groups -OCH3 is 1. The van der Waals surface area contributed by atoms with Crippen molar-refractivity contribution in [1.29, 1.82) is 0 Å². The molecule has 126 valence electrons. The van der Waals surface area contributed by atoms with Crippen molar-refractivity contribution in [2.45, 2.75) is 18.3 Å². The Hall–Kier alpha value is -2.33. The Labute approximate surface area is 149 Å². The molecule has 2 heterocycles. The number of halogens is 2. The molecule has 3 aromatic rings. The fourth-order valence-electron chi connectivity index (χ4n) is 3.94. The number of hydrogen-bond donors (Lipinski definition) is 1. The van der Waals surface area contributed by atoms with Crippen LogP contribution in [-0.4, -0.2) is 24.4 Å². The molecule has 2 aromatic carbocycles. The van der Waals surface area contributed by atoms with E-state index in [2.05, 4.69) is 4.98 Å². The number of aromatic amines is 1. The second-order valence-corrected chi connectivity index (χ2v) is 7.26. The lowest BCUT2D eigenvalue weighted by atomic mass is 9.87. The largest absolute Gasteiger partial charge is 0.496 e. The number of aliphatic imine (C=N–C) groups is 1. The molecule has 0 unspecified atom stereocenters. The van der Waals surface area contributed by atoms with Gasteiger partial charge in [0.1, 0.15) is 11.6 Å². The smallest absolute Gasteiger partial charge is 0.132 e. The summed E-state index contributed by atoms with van der Waals surface area (Å²) in [5, 5.41) is 1.31. The molecule has 0 bridgehead atoms. The molecule has 1 aliphatic carbocycles. The maximum atomic E-state index is 14.6. The quantitative estimate of drug-likeness (QED) is 0.701. The van der Waals surface area contributed by atoms with Gasteiger partial charge in [0.15, 0.2) is 0 Å². The third-order valence-electron chi connectivity index (χ3n) is 5.35. The zero-order chi connectivity index (χ0) is 17.2. The van der Waals surface area contributed by atoms with Crippen LogP contribution in [0.15, 0.2) is 41.4 Å². The van der Waals surface area contributed by atoms with Crippen molar-refractivity contribution in [3.63, 3.8) is 0 Å². The molecule has 5 heteroatoms. The van der Waals surface area contributed by atoms with Crippen molar-refractivity contribution in [1.82, 2.24) is 4.98 Å². The van der Waals surface area contributed by atoms with Crippen molar-refractivity contribution in [2.24, 2.45) is 4.99 Å². The number of hydrogen-bond acceptors (Lipinski definition) is 2. The van der Waals surface area contributed by atoms with Gasteiger partial charge in [0, 0.05) is 33.4 Å². The molecule has 1 aromatic heterocycles. The number of nitrogens with zero attached hydrogens (tertiary/aromatic N) is 1. The molecule has 0 amide bonds. The highest BCUT2D eigenvalue weighted by Gasteiger charge is 2.50. The minimum Gasteiger partial charge on any atom is -0.496 e. The molecule has 1 N–H and O–H groups in total. The monoisotopic (exact) mass is 354 g/mol. The van der Waals surface area contributed by atoms with Crippen LogP contribution in [0.1, 0.15) is 29.7 Å². The summed E-state index contributed by atoms with van der Waals surface area (Å²) in [5.41, 5.74) is 4.47. The lowest BCUT2D eigenvalue weighted by molar-refractivity contribution is 0.414. The molecule has 0 atom stereocenters. The number of ether oxygens (including phenoxy) is 1. The summed E-state index contributed by atoms with van der Waals surface area (Å²) in [4.78, 5) is 8.27. The molecule has 25 heavy (non-hydrogen) atoms. The van der Waals surface area contributed by atoms with Gasteiger partial charge < -0.3 is 9.72 Å². The van der Waals surface area contributed by atoms with Crippen LogP contribution >= 0.6 is 11.6 Å². The fraction of sp³-hybridized carbons (Fsp3) is 0.250. The molecule has 0 radical (unpaired) electrons. The number of benzene rings is 2. The van der Waals surface area contributed by atoms with E-state index in [1.165, 1.54) is 6.07 Å². The number of aromatic nitrogens is 1. The van der Waals surface area contributed by atoms with Crippen LogP contribution in [0.2, 0.25) is 5.02 Å². The third kappa shape index (κ3) is 2.07. The third-order valence-corrected chi connectivity index (χ3v) is 5.59. The summed E-state index contributed by atoms with van der Waals surface area (Å²) in [6.45, 7) is 0.683. The van der Waals surface area contributed by atoms with Gasteiger partial charge in [-0.15, -0.1) is 0 Å². The molecule has 3 nitrogen and oxygen atoms in total. The predicted molar refractivity (Wildman–Crippen MR) is 97.7 cm³/mol. The summed E-state index contributed by atoms with van der Waals surface area (Å²) in [5.74, 6) is 0.494. The standard InChI is InChI=1S/C20H16ClFN2O/c1-25-15-9-11(21)5-6-12(15)18-19-17(20(7-8-20)10-23-18)16-13(22)3-2-4-14(16)24-19/h2-6,9,24H,7-8,10H2,1H3. The highest BCUT2D eigenvalue weighted by Crippen LogP contribution is 2.54. The van der Waals surface area contributed by atoms with Gasteiger partial charge >= 0.3 is 0 Å². The zero-order valence-corrected chi connectivity index (χ0v) is 14.5. The van der Waals surface area contributed by atoms with Gasteiger partial charge in [-0.3, -0.25) is 4.99 Å². The van der Waals surface area contributed by atoms with Gasteiger partial charge in [0.2, 0.25) is 0 Å². The van der Waals surface area contributed by atoms with E-state index in [1.807, 2.05) is 18.2 Å². The molecule has 0 saturated heterocycles. The Morgan fingerprint density at radius 1 is 1.24 bits per heavy atom. The van der Waals surface area contributed by atoms with Crippen molar-refractivity contribution in [2.75, 3.05) is 13.7 Å². The fourth-order valence-corrected chi connectivity index (χ4v) is 4.10. The maximum Gasteiger partial charge on any atom is 0.132 e. The van der Waals surface area contributed by atoms with Crippen LogP contribution in [0.3, 0.4) is 0 Å². The summed E-state index contributed by atoms with van der Waals surface area (Å²) in [6.07, 6.45) is 2.10. The molecule has 2 aliphatic rings. The second-order valence-electron chi connectivity index (χ2n) is 6.83. The molecule has 1 spiro atoms. The van der Waals surface area contributed by atoms with Gasteiger partial charge in [-0.25, -0.2) is 4.39 Å². The average Bonchev–Trinajstić information content (AvgIpc) is 3.25. The predicted octanol–water partition coefficient (Wildman–Crippen LogP) is 4.85. The van der Waals surface area contributed by atoms with Crippen LogP contribution in [-0.2, 0) is 5.41 Å². The minimum atomic E-state index is -0.175. The van der Waals surface area contributed by atoms with Gasteiger partial charge in [0.25, 0.3) is 0 Å². The Kier molecular flexibility index (Phi) is 3.04. The molecular formula is C20H16ClFN2O. The van der Waals surface area contributed by atoms with Gasteiger partial charge in [0.05, 0.1) is 18.5 Å². The van der Waals surface area contributed by atoms with E-state index in [1.54, 1.807) is 19.2 Å². The number of rotatable bonds is 2. The average molecular weight is 355 g/mol. The first-order chi connectivity index (χ1) is 12.1. The van der Waals surface area contributed by atoms with E-state index in [4.69, 9.17) is 21.3 Å². The number of H-pyrrole nitrogens is 1. The highest BCUT2D eigenvalue weighted by molar-refractivity contribution is 6.31. The number of fused-ring (bicyclic) bond motifs is 4. The van der Waals surface area contributed by atoms with Gasteiger partial charge in [-0.05, 0) is 48.7 Å². The van der Waals surface area contributed by atoms with Crippen LogP contribution < -0.4 is 4.74 Å². The lowest BCUT2D eigenvalue weighted by Gasteiger charge is -2.23. The Morgan fingerprint density at radius 3 is 2.84 bits per heavy atom. The Balaban J connectivity index is 1.80. The first-order valence-corrected chi connectivity index (χ1v) is 8.70. The zero-order valence-electron chi connectivity index (χ0n) is 13.7. The first kappa shape index (κ1) is 15.0. The van der Waals surface area contributed by atoms with Gasteiger partial charge in [-0.2, -0.15) is 0 Å². The van der Waals surface area contributed by atoms with Crippen LogP contribution in [0.25, 0.3) is 10.9 Å². The normalized spacial score (nSPS) is 17.5. The van der Waals surface area contributed by atoms with Crippen molar-refractivity contribution >= 4 is 28.2 Å². The lowest BCUT2D eigenvalue weighted by Crippen LogP contribution is -2.23. The SMILES string of the molecule is COc1cc(Cl)ccc1C1=NCC2(CC2)c2c1[nH]c1cccc(F)c21. The van der Waals surface area contributed by atoms with Crippen LogP contribution in [0.5, 0.6) is 5.75 Å². The van der Waals surface area contributed by atoms with E-state index >= 15 is 0 Å². The molecule has 1 fully saturated rings. The van der Waals surface area contributed by atoms with Crippen LogP contribution in [0.4, 0.5) is 4.39 Å². The molecule has 5 rings (SSSR count). The summed E-state index contributed by atoms with van der Waals surface area (Å²) in [6, 6.07) is 10.7. The second kappa shape index (κ2) is 5.09.